The van der Waals surface area contributed by atoms with Gasteiger partial charge in [0.25, 0.3) is 0 Å². The Kier molecular flexibility index (Phi) is 3.11. The number of aromatic carboxylic acids is 1. The summed E-state index contributed by atoms with van der Waals surface area (Å²) < 4.78 is 5.73. The fourth-order valence-electron chi connectivity index (χ4n) is 2.04. The van der Waals surface area contributed by atoms with Crippen LogP contribution in [0.2, 0.25) is 0 Å². The van der Waals surface area contributed by atoms with Crippen LogP contribution in [0, 0.1) is 6.92 Å². The molecule has 0 bridgehead atoms. The largest absolute Gasteiger partial charge is 0.478 e. The number of nitrogens with zero attached hydrogens (tertiary/aromatic N) is 2. The van der Waals surface area contributed by atoms with Crippen molar-refractivity contribution >= 4 is 5.97 Å². The van der Waals surface area contributed by atoms with Gasteiger partial charge in [-0.3, -0.25) is 0 Å². The highest BCUT2D eigenvalue weighted by atomic mass is 16.5. The monoisotopic (exact) mass is 236 g/mol. The molecule has 0 aliphatic carbocycles. The standard InChI is InChI=1S/C12H16N2O3/c1-8-9(10(15)16)7-13-11(14-8)12(2)5-3-4-6-17-12/h7H,3-6H2,1-2H3,(H,15,16). The Labute approximate surface area is 99.9 Å². The molecule has 0 amide bonds. The van der Waals surface area contributed by atoms with Crippen LogP contribution in [-0.2, 0) is 10.3 Å². The van der Waals surface area contributed by atoms with Crippen molar-refractivity contribution in [1.29, 1.82) is 0 Å². The predicted molar refractivity (Wildman–Crippen MR) is 60.9 cm³/mol. The van der Waals surface area contributed by atoms with Gasteiger partial charge >= 0.3 is 5.97 Å². The number of carbonyl (C=O) groups is 1. The van der Waals surface area contributed by atoms with Crippen molar-refractivity contribution in [3.05, 3.63) is 23.3 Å². The summed E-state index contributed by atoms with van der Waals surface area (Å²) in [4.78, 5) is 19.3. The number of carboxylic acids is 1. The van der Waals surface area contributed by atoms with Crippen LogP contribution < -0.4 is 0 Å². The molecule has 1 aliphatic rings. The Morgan fingerprint density at radius 3 is 2.82 bits per heavy atom. The minimum atomic E-state index is -0.997. The molecular weight excluding hydrogens is 220 g/mol. The van der Waals surface area contributed by atoms with Gasteiger partial charge in [0.1, 0.15) is 5.60 Å². The van der Waals surface area contributed by atoms with Gasteiger partial charge in [-0.2, -0.15) is 0 Å². The SMILES string of the molecule is Cc1nc(C2(C)CCCCO2)ncc1C(=O)O. The van der Waals surface area contributed by atoms with E-state index in [0.717, 1.165) is 19.3 Å². The predicted octanol–water partition coefficient (Wildman–Crippen LogP) is 1.90. The fraction of sp³-hybridized carbons (Fsp3) is 0.583. The van der Waals surface area contributed by atoms with E-state index in [1.165, 1.54) is 6.20 Å². The van der Waals surface area contributed by atoms with Gasteiger partial charge < -0.3 is 9.84 Å². The van der Waals surface area contributed by atoms with Crippen LogP contribution in [0.15, 0.2) is 6.20 Å². The lowest BCUT2D eigenvalue weighted by atomic mass is 9.95. The first-order chi connectivity index (χ1) is 8.03. The molecule has 0 aromatic carbocycles. The van der Waals surface area contributed by atoms with E-state index in [1.807, 2.05) is 6.92 Å². The van der Waals surface area contributed by atoms with Gasteiger partial charge in [0, 0.05) is 12.8 Å². The van der Waals surface area contributed by atoms with Crippen molar-refractivity contribution in [1.82, 2.24) is 9.97 Å². The van der Waals surface area contributed by atoms with Crippen LogP contribution >= 0.6 is 0 Å². The molecule has 1 atom stereocenters. The molecule has 5 nitrogen and oxygen atoms in total. The van der Waals surface area contributed by atoms with Gasteiger partial charge in [-0.1, -0.05) is 0 Å². The van der Waals surface area contributed by atoms with Crippen molar-refractivity contribution in [2.75, 3.05) is 6.61 Å². The molecule has 1 fully saturated rings. The minimum Gasteiger partial charge on any atom is -0.478 e. The maximum absolute atomic E-state index is 10.9. The summed E-state index contributed by atoms with van der Waals surface area (Å²) in [6, 6.07) is 0. The Balaban J connectivity index is 2.33. The Morgan fingerprint density at radius 1 is 1.53 bits per heavy atom. The molecule has 1 saturated heterocycles. The molecule has 0 spiro atoms. The summed E-state index contributed by atoms with van der Waals surface area (Å²) >= 11 is 0. The average Bonchev–Trinajstić information content (AvgIpc) is 2.29. The number of hydrogen-bond acceptors (Lipinski definition) is 4. The van der Waals surface area contributed by atoms with E-state index >= 15 is 0 Å². The summed E-state index contributed by atoms with van der Waals surface area (Å²) in [5.74, 6) is -0.413. The first-order valence-electron chi connectivity index (χ1n) is 5.74. The van der Waals surface area contributed by atoms with E-state index in [9.17, 15) is 4.79 Å². The Bertz CT molecular complexity index is 439. The lowest BCUT2D eigenvalue weighted by molar-refractivity contribution is -0.0761. The summed E-state index contributed by atoms with van der Waals surface area (Å²) in [7, 11) is 0. The Morgan fingerprint density at radius 2 is 2.29 bits per heavy atom. The third kappa shape index (κ3) is 2.29. The molecule has 1 N–H and O–H groups in total. The first-order valence-corrected chi connectivity index (χ1v) is 5.74. The van der Waals surface area contributed by atoms with Crippen molar-refractivity contribution in [3.63, 3.8) is 0 Å². The van der Waals surface area contributed by atoms with E-state index in [4.69, 9.17) is 9.84 Å². The van der Waals surface area contributed by atoms with E-state index in [1.54, 1.807) is 6.92 Å². The zero-order chi connectivity index (χ0) is 12.5. The highest BCUT2D eigenvalue weighted by Gasteiger charge is 2.33. The number of hydrogen-bond donors (Lipinski definition) is 1. The number of rotatable bonds is 2. The van der Waals surface area contributed by atoms with Crippen LogP contribution in [-0.4, -0.2) is 27.7 Å². The van der Waals surface area contributed by atoms with Crippen molar-refractivity contribution in [2.45, 2.75) is 38.7 Å². The Hall–Kier alpha value is -1.49. The second-order valence-corrected chi connectivity index (χ2v) is 4.53. The summed E-state index contributed by atoms with van der Waals surface area (Å²) in [6.45, 7) is 4.35. The third-order valence-corrected chi connectivity index (χ3v) is 3.15. The van der Waals surface area contributed by atoms with E-state index in [0.29, 0.717) is 18.1 Å². The third-order valence-electron chi connectivity index (χ3n) is 3.15. The molecule has 2 heterocycles. The molecule has 0 radical (unpaired) electrons. The molecular formula is C12H16N2O3. The number of aryl methyl sites for hydroxylation is 1. The van der Waals surface area contributed by atoms with Crippen LogP contribution in [0.3, 0.4) is 0 Å². The number of aromatic nitrogens is 2. The van der Waals surface area contributed by atoms with E-state index in [-0.39, 0.29) is 5.56 Å². The van der Waals surface area contributed by atoms with Crippen LogP contribution in [0.25, 0.3) is 0 Å². The van der Waals surface area contributed by atoms with Crippen molar-refractivity contribution in [2.24, 2.45) is 0 Å². The maximum atomic E-state index is 10.9. The van der Waals surface area contributed by atoms with Gasteiger partial charge in [-0.15, -0.1) is 0 Å². The smallest absolute Gasteiger partial charge is 0.339 e. The number of carboxylic acid groups (broad SMARTS) is 1. The molecule has 17 heavy (non-hydrogen) atoms. The van der Waals surface area contributed by atoms with E-state index in [2.05, 4.69) is 9.97 Å². The van der Waals surface area contributed by atoms with Crippen LogP contribution in [0.5, 0.6) is 0 Å². The van der Waals surface area contributed by atoms with Crippen molar-refractivity contribution < 1.29 is 14.6 Å². The number of ether oxygens (including phenoxy) is 1. The summed E-state index contributed by atoms with van der Waals surface area (Å²) in [5.41, 5.74) is 0.158. The van der Waals surface area contributed by atoms with E-state index < -0.39 is 11.6 Å². The van der Waals surface area contributed by atoms with Crippen LogP contribution in [0.1, 0.15) is 48.1 Å². The van der Waals surface area contributed by atoms with Gasteiger partial charge in [0.2, 0.25) is 0 Å². The zero-order valence-corrected chi connectivity index (χ0v) is 10.1. The zero-order valence-electron chi connectivity index (χ0n) is 10.1. The molecule has 0 saturated carbocycles. The first kappa shape index (κ1) is 12.0. The summed E-state index contributed by atoms with van der Waals surface area (Å²) in [6.07, 6.45) is 4.38. The second kappa shape index (κ2) is 4.41. The van der Waals surface area contributed by atoms with Gasteiger partial charge in [0.15, 0.2) is 5.82 Å². The lowest BCUT2D eigenvalue weighted by Crippen LogP contribution is -2.32. The molecule has 2 rings (SSSR count). The summed E-state index contributed by atoms with van der Waals surface area (Å²) in [5, 5.41) is 8.92. The molecule has 5 heteroatoms. The highest BCUT2D eigenvalue weighted by molar-refractivity contribution is 5.88. The highest BCUT2D eigenvalue weighted by Crippen LogP contribution is 2.32. The topological polar surface area (TPSA) is 72.3 Å². The van der Waals surface area contributed by atoms with Gasteiger partial charge in [0.05, 0.1) is 11.3 Å². The average molecular weight is 236 g/mol. The minimum absolute atomic E-state index is 0.146. The second-order valence-electron chi connectivity index (χ2n) is 4.53. The normalized spacial score (nSPS) is 24.6. The quantitative estimate of drug-likeness (QED) is 0.849. The molecule has 1 aromatic heterocycles. The van der Waals surface area contributed by atoms with Crippen molar-refractivity contribution in [3.8, 4) is 0 Å². The van der Waals surface area contributed by atoms with Crippen LogP contribution in [0.4, 0.5) is 0 Å². The molecule has 1 unspecified atom stereocenters. The molecule has 1 aromatic rings. The fourth-order valence-corrected chi connectivity index (χ4v) is 2.04. The molecule has 1 aliphatic heterocycles. The lowest BCUT2D eigenvalue weighted by Gasteiger charge is -2.32. The van der Waals surface area contributed by atoms with Gasteiger partial charge in [-0.05, 0) is 33.1 Å². The molecule has 92 valence electrons. The van der Waals surface area contributed by atoms with Gasteiger partial charge in [-0.25, -0.2) is 14.8 Å². The maximum Gasteiger partial charge on any atom is 0.339 e.